The molecule has 0 saturated heterocycles. The van der Waals surface area contributed by atoms with Gasteiger partial charge in [-0.25, -0.2) is 9.97 Å². The van der Waals surface area contributed by atoms with E-state index >= 15 is 0 Å². The molecule has 1 N–H and O–H groups in total. The minimum absolute atomic E-state index is 0.104. The third kappa shape index (κ3) is 3.07. The molecular formula is C16H23N5O2. The smallest absolute Gasteiger partial charge is 0.220 e. The summed E-state index contributed by atoms with van der Waals surface area (Å²) in [6, 6.07) is 0. The molecular weight excluding hydrogens is 294 g/mol. The van der Waals surface area contributed by atoms with Crippen LogP contribution in [-0.4, -0.2) is 50.0 Å². The average Bonchev–Trinajstić information content (AvgIpc) is 2.82. The molecule has 1 aliphatic heterocycles. The van der Waals surface area contributed by atoms with Crippen LogP contribution in [0.25, 0.3) is 0 Å². The second kappa shape index (κ2) is 6.64. The predicted octanol–water partition coefficient (Wildman–Crippen LogP) is 0.849. The molecule has 3 rings (SSSR count). The fourth-order valence-corrected chi connectivity index (χ4v) is 3.18. The number of rotatable bonds is 5. The Hall–Kier alpha value is -1.99. The molecule has 2 aromatic rings. The van der Waals surface area contributed by atoms with Crippen molar-refractivity contribution in [2.24, 2.45) is 0 Å². The van der Waals surface area contributed by atoms with Crippen molar-refractivity contribution in [1.29, 1.82) is 0 Å². The molecule has 124 valence electrons. The third-order valence-electron chi connectivity index (χ3n) is 4.46. The first-order chi connectivity index (χ1) is 11.1. The summed E-state index contributed by atoms with van der Waals surface area (Å²) in [4.78, 5) is 11.0. The summed E-state index contributed by atoms with van der Waals surface area (Å²) in [5, 5.41) is 13.7. The molecule has 0 unspecified atom stereocenters. The second-order valence-electron chi connectivity index (χ2n) is 5.86. The van der Waals surface area contributed by atoms with Crippen molar-refractivity contribution in [3.05, 3.63) is 34.5 Å². The van der Waals surface area contributed by atoms with Gasteiger partial charge in [0.05, 0.1) is 31.6 Å². The molecule has 0 saturated carbocycles. The summed E-state index contributed by atoms with van der Waals surface area (Å²) in [7, 11) is 1.65. The number of hydrogen-bond donors (Lipinski definition) is 1. The van der Waals surface area contributed by atoms with Crippen LogP contribution in [0.2, 0.25) is 0 Å². The molecule has 0 aromatic carbocycles. The number of hydrogen-bond acceptors (Lipinski definition) is 6. The average molecular weight is 317 g/mol. The van der Waals surface area contributed by atoms with Gasteiger partial charge in [-0.3, -0.25) is 9.58 Å². The van der Waals surface area contributed by atoms with Gasteiger partial charge in [-0.2, -0.15) is 5.10 Å². The van der Waals surface area contributed by atoms with Gasteiger partial charge in [0.2, 0.25) is 5.88 Å². The van der Waals surface area contributed by atoms with Crippen molar-refractivity contribution in [2.75, 3.05) is 20.3 Å². The molecule has 0 radical (unpaired) electrons. The number of methoxy groups -OCH3 is 1. The molecule has 0 spiro atoms. The summed E-state index contributed by atoms with van der Waals surface area (Å²) in [6.07, 6.45) is 2.47. The van der Waals surface area contributed by atoms with Crippen molar-refractivity contribution in [3.8, 4) is 5.88 Å². The monoisotopic (exact) mass is 317 g/mol. The van der Waals surface area contributed by atoms with Crippen LogP contribution in [0.1, 0.15) is 28.2 Å². The fourth-order valence-electron chi connectivity index (χ4n) is 3.18. The lowest BCUT2D eigenvalue weighted by Gasteiger charge is -2.28. The van der Waals surface area contributed by atoms with Crippen LogP contribution >= 0.6 is 0 Å². The topological polar surface area (TPSA) is 76.3 Å². The zero-order valence-corrected chi connectivity index (χ0v) is 13.9. The van der Waals surface area contributed by atoms with Crippen LogP contribution in [-0.2, 0) is 26.1 Å². The van der Waals surface area contributed by atoms with E-state index in [-0.39, 0.29) is 6.61 Å². The van der Waals surface area contributed by atoms with Crippen molar-refractivity contribution in [3.63, 3.8) is 0 Å². The van der Waals surface area contributed by atoms with E-state index in [1.54, 1.807) is 13.4 Å². The van der Waals surface area contributed by atoms with Crippen molar-refractivity contribution in [1.82, 2.24) is 24.6 Å². The van der Waals surface area contributed by atoms with Crippen LogP contribution < -0.4 is 4.74 Å². The Balaban J connectivity index is 1.80. The van der Waals surface area contributed by atoms with Crippen LogP contribution in [0, 0.1) is 13.8 Å². The van der Waals surface area contributed by atoms with Crippen molar-refractivity contribution < 1.29 is 9.84 Å². The summed E-state index contributed by atoms with van der Waals surface area (Å²) < 4.78 is 7.25. The van der Waals surface area contributed by atoms with Gasteiger partial charge in [0.1, 0.15) is 6.33 Å². The molecule has 0 amide bonds. The number of aryl methyl sites for hydroxylation is 1. The number of ether oxygens (including phenoxy) is 1. The second-order valence-corrected chi connectivity index (χ2v) is 5.86. The van der Waals surface area contributed by atoms with Crippen LogP contribution in [0.3, 0.4) is 0 Å². The Kier molecular flexibility index (Phi) is 4.58. The summed E-state index contributed by atoms with van der Waals surface area (Å²) in [5.41, 5.74) is 5.55. The van der Waals surface area contributed by atoms with Gasteiger partial charge in [-0.15, -0.1) is 0 Å². The highest BCUT2D eigenvalue weighted by Crippen LogP contribution is 2.26. The molecule has 2 aromatic heterocycles. The zero-order valence-electron chi connectivity index (χ0n) is 13.9. The molecule has 0 aliphatic carbocycles. The van der Waals surface area contributed by atoms with Gasteiger partial charge in [0, 0.05) is 42.9 Å². The summed E-state index contributed by atoms with van der Waals surface area (Å²) in [5.74, 6) is 0.670. The first kappa shape index (κ1) is 15.9. The van der Waals surface area contributed by atoms with E-state index in [2.05, 4.69) is 26.9 Å². The Labute approximate surface area is 135 Å². The van der Waals surface area contributed by atoms with E-state index in [1.165, 1.54) is 5.56 Å². The van der Waals surface area contributed by atoms with Crippen molar-refractivity contribution in [2.45, 2.75) is 39.9 Å². The quantitative estimate of drug-likeness (QED) is 0.881. The van der Waals surface area contributed by atoms with E-state index in [9.17, 15) is 0 Å². The zero-order chi connectivity index (χ0) is 16.4. The Morgan fingerprint density at radius 2 is 2.13 bits per heavy atom. The highest BCUT2D eigenvalue weighted by atomic mass is 16.5. The maximum atomic E-state index is 9.13. The molecule has 3 heterocycles. The molecule has 0 atom stereocenters. The fraction of sp³-hybridized carbons (Fsp3) is 0.562. The first-order valence-electron chi connectivity index (χ1n) is 7.86. The number of nitrogens with zero attached hydrogens (tertiary/aromatic N) is 5. The number of aromatic nitrogens is 4. The normalized spacial score (nSPS) is 14.8. The van der Waals surface area contributed by atoms with Gasteiger partial charge in [-0.05, 0) is 13.8 Å². The Morgan fingerprint density at radius 3 is 2.87 bits per heavy atom. The van der Waals surface area contributed by atoms with Crippen LogP contribution in [0.4, 0.5) is 0 Å². The summed E-state index contributed by atoms with van der Waals surface area (Å²) in [6.45, 7) is 7.30. The van der Waals surface area contributed by atoms with Crippen LogP contribution in [0.5, 0.6) is 5.88 Å². The first-order valence-corrected chi connectivity index (χ1v) is 7.86. The lowest BCUT2D eigenvalue weighted by Crippen LogP contribution is -2.31. The molecule has 7 nitrogen and oxygen atoms in total. The molecule has 23 heavy (non-hydrogen) atoms. The van der Waals surface area contributed by atoms with Gasteiger partial charge in [0.15, 0.2) is 0 Å². The van der Waals surface area contributed by atoms with E-state index in [0.717, 1.165) is 48.7 Å². The van der Waals surface area contributed by atoms with Crippen LogP contribution in [0.15, 0.2) is 6.33 Å². The van der Waals surface area contributed by atoms with E-state index in [1.807, 2.05) is 11.6 Å². The minimum Gasteiger partial charge on any atom is -0.481 e. The molecule has 1 aliphatic rings. The SMILES string of the molecule is COc1ncnc2c1CN(Cc1c(C)nn(CCO)c1C)CC2. The number of fused-ring (bicyclic) bond motifs is 1. The molecule has 7 heteroatoms. The standard InChI is InChI=1S/C16H23N5O2/c1-11-13(12(2)21(19-11)6-7-22)8-20-5-4-15-14(9-20)16(23-3)18-10-17-15/h10,22H,4-9H2,1-3H3. The van der Waals surface area contributed by atoms with Gasteiger partial charge >= 0.3 is 0 Å². The lowest BCUT2D eigenvalue weighted by atomic mass is 10.1. The van der Waals surface area contributed by atoms with Gasteiger partial charge in [-0.1, -0.05) is 0 Å². The Morgan fingerprint density at radius 1 is 1.30 bits per heavy atom. The van der Waals surface area contributed by atoms with Crippen molar-refractivity contribution >= 4 is 0 Å². The Bertz CT molecular complexity index is 684. The molecule has 0 fully saturated rings. The largest absolute Gasteiger partial charge is 0.481 e. The maximum absolute atomic E-state index is 9.13. The number of aliphatic hydroxyl groups excluding tert-OH is 1. The van der Waals surface area contributed by atoms with Gasteiger partial charge < -0.3 is 9.84 Å². The molecule has 0 bridgehead atoms. The summed E-state index contributed by atoms with van der Waals surface area (Å²) >= 11 is 0. The van der Waals surface area contributed by atoms with E-state index in [4.69, 9.17) is 9.84 Å². The highest BCUT2D eigenvalue weighted by Gasteiger charge is 2.23. The maximum Gasteiger partial charge on any atom is 0.220 e. The van der Waals surface area contributed by atoms with Gasteiger partial charge in [0.25, 0.3) is 0 Å². The third-order valence-corrected chi connectivity index (χ3v) is 4.46. The van der Waals surface area contributed by atoms with E-state index in [0.29, 0.717) is 12.4 Å². The number of aliphatic hydroxyl groups is 1. The highest BCUT2D eigenvalue weighted by molar-refractivity contribution is 5.32. The minimum atomic E-state index is 0.104. The lowest BCUT2D eigenvalue weighted by molar-refractivity contribution is 0.234. The van der Waals surface area contributed by atoms with E-state index < -0.39 is 0 Å². The predicted molar refractivity (Wildman–Crippen MR) is 85.2 cm³/mol.